The zero-order valence-electron chi connectivity index (χ0n) is 9.82. The van der Waals surface area contributed by atoms with Crippen molar-refractivity contribution < 1.29 is 4.79 Å². The molecule has 0 radical (unpaired) electrons. The normalized spacial score (nSPS) is 24.4. The van der Waals surface area contributed by atoms with E-state index in [9.17, 15) is 4.79 Å². The Labute approximate surface area is 106 Å². The van der Waals surface area contributed by atoms with Crippen LogP contribution in [-0.4, -0.2) is 15.9 Å². The number of rotatable bonds is 2. The zero-order chi connectivity index (χ0) is 12.3. The highest BCUT2D eigenvalue weighted by Crippen LogP contribution is 2.29. The number of hydrogen-bond donors (Lipinski definition) is 1. The third-order valence-corrected chi connectivity index (χ3v) is 3.56. The van der Waals surface area contributed by atoms with E-state index in [0.717, 1.165) is 31.6 Å². The molecule has 2 rings (SSSR count). The average Bonchev–Trinajstić information content (AvgIpc) is 2.33. The number of halogens is 1. The molecule has 5 heteroatoms. The van der Waals surface area contributed by atoms with Crippen molar-refractivity contribution in [3.8, 4) is 0 Å². The lowest BCUT2D eigenvalue weighted by atomic mass is 9.82. The molecule has 1 heterocycles. The number of aromatic nitrogens is 2. The lowest BCUT2D eigenvalue weighted by Crippen LogP contribution is -2.27. The fourth-order valence-electron chi connectivity index (χ4n) is 2.15. The van der Waals surface area contributed by atoms with E-state index < -0.39 is 0 Å². The number of carbonyl (C=O) groups is 1. The Balaban J connectivity index is 1.95. The molecular weight excluding hydrogens is 238 g/mol. The molecule has 0 bridgehead atoms. The maximum absolute atomic E-state index is 12.0. The highest BCUT2D eigenvalue weighted by Gasteiger charge is 2.24. The number of anilines is 1. The smallest absolute Gasteiger partial charge is 0.228 e. The molecule has 17 heavy (non-hydrogen) atoms. The van der Waals surface area contributed by atoms with E-state index in [4.69, 9.17) is 11.6 Å². The lowest BCUT2D eigenvalue weighted by molar-refractivity contribution is -0.121. The third-order valence-electron chi connectivity index (χ3n) is 3.28. The maximum Gasteiger partial charge on any atom is 0.228 e. The van der Waals surface area contributed by atoms with Crippen LogP contribution in [0.3, 0.4) is 0 Å². The van der Waals surface area contributed by atoms with E-state index in [1.54, 1.807) is 0 Å². The van der Waals surface area contributed by atoms with Crippen LogP contribution in [0, 0.1) is 11.8 Å². The topological polar surface area (TPSA) is 54.9 Å². The molecule has 0 aliphatic heterocycles. The molecule has 4 nitrogen and oxygen atoms in total. The van der Waals surface area contributed by atoms with Gasteiger partial charge in [-0.2, -0.15) is 0 Å². The molecule has 1 aromatic heterocycles. The molecule has 1 aromatic rings. The van der Waals surface area contributed by atoms with E-state index in [1.807, 2.05) is 0 Å². The predicted molar refractivity (Wildman–Crippen MR) is 66.8 cm³/mol. The van der Waals surface area contributed by atoms with Gasteiger partial charge in [-0.15, -0.1) is 0 Å². The van der Waals surface area contributed by atoms with Gasteiger partial charge in [0.05, 0.1) is 0 Å². The molecule has 1 aliphatic carbocycles. The van der Waals surface area contributed by atoms with E-state index in [1.165, 1.54) is 12.4 Å². The summed E-state index contributed by atoms with van der Waals surface area (Å²) in [6.45, 7) is 2.23. The maximum atomic E-state index is 12.0. The Morgan fingerprint density at radius 1 is 1.29 bits per heavy atom. The van der Waals surface area contributed by atoms with Gasteiger partial charge in [-0.25, -0.2) is 9.97 Å². The van der Waals surface area contributed by atoms with Gasteiger partial charge in [0.2, 0.25) is 5.91 Å². The van der Waals surface area contributed by atoms with E-state index in [-0.39, 0.29) is 17.0 Å². The molecule has 1 amide bonds. The molecule has 1 saturated carbocycles. The largest absolute Gasteiger partial charge is 0.308 e. The highest BCUT2D eigenvalue weighted by molar-refractivity contribution is 6.32. The van der Waals surface area contributed by atoms with Gasteiger partial charge in [0.25, 0.3) is 0 Å². The van der Waals surface area contributed by atoms with Crippen LogP contribution in [0.25, 0.3) is 0 Å². The van der Waals surface area contributed by atoms with Crippen molar-refractivity contribution in [1.29, 1.82) is 0 Å². The highest BCUT2D eigenvalue weighted by atomic mass is 35.5. The molecule has 0 atom stereocenters. The van der Waals surface area contributed by atoms with E-state index in [2.05, 4.69) is 22.2 Å². The Hall–Kier alpha value is -1.16. The van der Waals surface area contributed by atoms with Crippen molar-refractivity contribution in [3.63, 3.8) is 0 Å². The number of hydrogen-bond acceptors (Lipinski definition) is 3. The minimum Gasteiger partial charge on any atom is -0.308 e. The first kappa shape index (κ1) is 12.3. The lowest BCUT2D eigenvalue weighted by Gasteiger charge is -2.25. The molecule has 0 saturated heterocycles. The van der Waals surface area contributed by atoms with E-state index >= 15 is 0 Å². The third kappa shape index (κ3) is 3.16. The first-order valence-electron chi connectivity index (χ1n) is 5.94. The molecular formula is C12H16ClN3O. The first-order chi connectivity index (χ1) is 8.16. The van der Waals surface area contributed by atoms with Crippen LogP contribution in [0.5, 0.6) is 0 Å². The van der Waals surface area contributed by atoms with Crippen LogP contribution in [0.2, 0.25) is 5.15 Å². The second-order valence-corrected chi connectivity index (χ2v) is 5.00. The second kappa shape index (κ2) is 5.45. The van der Waals surface area contributed by atoms with Crippen LogP contribution in [-0.2, 0) is 4.79 Å². The summed E-state index contributed by atoms with van der Waals surface area (Å²) in [4.78, 5) is 19.9. The fourth-order valence-corrected chi connectivity index (χ4v) is 2.30. The minimum atomic E-state index is 0.0132. The average molecular weight is 254 g/mol. The zero-order valence-corrected chi connectivity index (χ0v) is 10.6. The standard InChI is InChI=1S/C12H16ClN3O/c1-8-2-4-9(5-3-8)12(17)16-11-10(13)14-6-7-15-11/h6-9H,2-5H2,1H3,(H,15,16,17). The van der Waals surface area contributed by atoms with Gasteiger partial charge >= 0.3 is 0 Å². The number of carbonyl (C=O) groups excluding carboxylic acids is 1. The summed E-state index contributed by atoms with van der Waals surface area (Å²) in [6.07, 6.45) is 7.15. The van der Waals surface area contributed by atoms with Crippen molar-refractivity contribution >= 4 is 23.3 Å². The predicted octanol–water partition coefficient (Wildman–Crippen LogP) is 2.89. The second-order valence-electron chi connectivity index (χ2n) is 4.64. The van der Waals surface area contributed by atoms with Gasteiger partial charge in [0.1, 0.15) is 0 Å². The van der Waals surface area contributed by atoms with Crippen LogP contribution < -0.4 is 5.32 Å². The molecule has 92 valence electrons. The van der Waals surface area contributed by atoms with E-state index in [0.29, 0.717) is 5.82 Å². The van der Waals surface area contributed by atoms with Crippen LogP contribution >= 0.6 is 11.6 Å². The van der Waals surface area contributed by atoms with Crippen LogP contribution in [0.15, 0.2) is 12.4 Å². The number of nitrogens with zero attached hydrogens (tertiary/aromatic N) is 2. The first-order valence-corrected chi connectivity index (χ1v) is 6.32. The fraction of sp³-hybridized carbons (Fsp3) is 0.583. The minimum absolute atomic E-state index is 0.0132. The summed E-state index contributed by atoms with van der Waals surface area (Å²) in [6, 6.07) is 0. The molecule has 1 N–H and O–H groups in total. The summed E-state index contributed by atoms with van der Waals surface area (Å²) in [5.74, 6) is 1.19. The summed E-state index contributed by atoms with van der Waals surface area (Å²) < 4.78 is 0. The van der Waals surface area contributed by atoms with Crippen molar-refractivity contribution in [2.24, 2.45) is 11.8 Å². The summed E-state index contributed by atoms with van der Waals surface area (Å²) in [5.41, 5.74) is 0. The molecule has 1 aliphatic rings. The number of nitrogens with one attached hydrogen (secondary N) is 1. The SMILES string of the molecule is CC1CCC(C(=O)Nc2nccnc2Cl)CC1. The van der Waals surface area contributed by atoms with Gasteiger partial charge in [-0.05, 0) is 31.6 Å². The van der Waals surface area contributed by atoms with Crippen molar-refractivity contribution in [2.45, 2.75) is 32.6 Å². The molecule has 0 spiro atoms. The van der Waals surface area contributed by atoms with Crippen molar-refractivity contribution in [3.05, 3.63) is 17.5 Å². The molecule has 0 unspecified atom stereocenters. The number of amides is 1. The van der Waals surface area contributed by atoms with Crippen molar-refractivity contribution in [2.75, 3.05) is 5.32 Å². The Kier molecular flexibility index (Phi) is 3.94. The van der Waals surface area contributed by atoms with Gasteiger partial charge in [0.15, 0.2) is 11.0 Å². The monoisotopic (exact) mass is 253 g/mol. The molecule has 1 fully saturated rings. The van der Waals surface area contributed by atoms with Crippen LogP contribution in [0.1, 0.15) is 32.6 Å². The van der Waals surface area contributed by atoms with Crippen molar-refractivity contribution in [1.82, 2.24) is 9.97 Å². The van der Waals surface area contributed by atoms with Crippen LogP contribution in [0.4, 0.5) is 5.82 Å². The van der Waals surface area contributed by atoms with Gasteiger partial charge in [-0.3, -0.25) is 4.79 Å². The summed E-state index contributed by atoms with van der Waals surface area (Å²) in [5, 5.41) is 2.99. The Bertz CT molecular complexity index is 402. The Morgan fingerprint density at radius 3 is 2.59 bits per heavy atom. The van der Waals surface area contributed by atoms with Gasteiger partial charge in [-0.1, -0.05) is 18.5 Å². The van der Waals surface area contributed by atoms with Gasteiger partial charge in [0, 0.05) is 18.3 Å². The van der Waals surface area contributed by atoms with Gasteiger partial charge < -0.3 is 5.32 Å². The molecule has 0 aromatic carbocycles. The quantitative estimate of drug-likeness (QED) is 0.882. The Morgan fingerprint density at radius 2 is 1.94 bits per heavy atom. The summed E-state index contributed by atoms with van der Waals surface area (Å²) in [7, 11) is 0. The summed E-state index contributed by atoms with van der Waals surface area (Å²) >= 11 is 5.84.